The Labute approximate surface area is 147 Å². The summed E-state index contributed by atoms with van der Waals surface area (Å²) in [5.41, 5.74) is 1.95. The van der Waals surface area contributed by atoms with Gasteiger partial charge in [-0.1, -0.05) is 34.8 Å². The van der Waals surface area contributed by atoms with Gasteiger partial charge in [-0.25, -0.2) is 4.98 Å². The zero-order valence-electron chi connectivity index (χ0n) is 11.3. The van der Waals surface area contributed by atoms with Gasteiger partial charge in [0.15, 0.2) is 5.13 Å². The minimum atomic E-state index is 0.684. The lowest BCUT2D eigenvalue weighted by Crippen LogP contribution is -1.87. The number of benzene rings is 2. The van der Waals surface area contributed by atoms with E-state index in [0.717, 1.165) is 21.3 Å². The van der Waals surface area contributed by atoms with Crippen molar-refractivity contribution in [2.75, 3.05) is 5.32 Å². The number of nitrogens with one attached hydrogen (secondary N) is 1. The fraction of sp³-hybridized carbons (Fsp3) is 0.0625. The Hall–Kier alpha value is -1.26. The van der Waals surface area contributed by atoms with Crippen LogP contribution in [0.25, 0.3) is 0 Å². The minimum absolute atomic E-state index is 0.684. The molecule has 2 aromatic carbocycles. The van der Waals surface area contributed by atoms with Gasteiger partial charge in [-0.05, 0) is 48.0 Å². The topological polar surface area (TPSA) is 24.9 Å². The van der Waals surface area contributed by atoms with Crippen molar-refractivity contribution in [2.24, 2.45) is 0 Å². The van der Waals surface area contributed by atoms with Crippen molar-refractivity contribution in [2.45, 2.75) is 6.42 Å². The van der Waals surface area contributed by atoms with Crippen LogP contribution in [0.5, 0.6) is 0 Å². The molecule has 3 rings (SSSR count). The van der Waals surface area contributed by atoms with Gasteiger partial charge in [0.05, 0.1) is 0 Å². The third kappa shape index (κ3) is 3.93. The number of rotatable bonds is 4. The van der Waals surface area contributed by atoms with Crippen LogP contribution in [0.1, 0.15) is 10.4 Å². The van der Waals surface area contributed by atoms with Crippen molar-refractivity contribution < 1.29 is 0 Å². The van der Waals surface area contributed by atoms with Crippen molar-refractivity contribution >= 4 is 57.0 Å². The van der Waals surface area contributed by atoms with Crippen LogP contribution in [-0.4, -0.2) is 4.98 Å². The van der Waals surface area contributed by atoms with Gasteiger partial charge in [0, 0.05) is 38.3 Å². The van der Waals surface area contributed by atoms with Gasteiger partial charge in [-0.15, -0.1) is 11.3 Å². The number of hydrogen-bond donors (Lipinski definition) is 1. The molecule has 0 radical (unpaired) electrons. The molecule has 0 spiro atoms. The van der Waals surface area contributed by atoms with Crippen LogP contribution in [0, 0.1) is 0 Å². The van der Waals surface area contributed by atoms with Crippen molar-refractivity contribution in [1.82, 2.24) is 4.98 Å². The molecule has 3 aromatic rings. The van der Waals surface area contributed by atoms with Crippen LogP contribution < -0.4 is 5.32 Å². The summed E-state index contributed by atoms with van der Waals surface area (Å²) < 4.78 is 0. The molecule has 0 aliphatic rings. The molecule has 0 bridgehead atoms. The van der Waals surface area contributed by atoms with Gasteiger partial charge >= 0.3 is 0 Å². The third-order valence-electron chi connectivity index (χ3n) is 3.02. The first-order valence-corrected chi connectivity index (χ1v) is 8.46. The lowest BCUT2D eigenvalue weighted by molar-refractivity contribution is 1.22. The minimum Gasteiger partial charge on any atom is -0.332 e. The molecule has 1 N–H and O–H groups in total. The maximum Gasteiger partial charge on any atom is 0.187 e. The molecule has 0 saturated carbocycles. The first kappa shape index (κ1) is 15.6. The quantitative estimate of drug-likeness (QED) is 0.572. The van der Waals surface area contributed by atoms with Crippen molar-refractivity contribution in [3.8, 4) is 0 Å². The molecule has 1 heterocycles. The van der Waals surface area contributed by atoms with E-state index < -0.39 is 0 Å². The average Bonchev–Trinajstić information content (AvgIpc) is 2.93. The molecule has 0 atom stereocenters. The van der Waals surface area contributed by atoms with E-state index in [-0.39, 0.29) is 0 Å². The highest BCUT2D eigenvalue weighted by molar-refractivity contribution is 7.15. The summed E-state index contributed by atoms with van der Waals surface area (Å²) in [4.78, 5) is 5.49. The molecule has 22 heavy (non-hydrogen) atoms. The monoisotopic (exact) mass is 368 g/mol. The largest absolute Gasteiger partial charge is 0.332 e. The Balaban J connectivity index is 1.73. The highest BCUT2D eigenvalue weighted by Crippen LogP contribution is 2.28. The molecule has 2 nitrogen and oxygen atoms in total. The van der Waals surface area contributed by atoms with E-state index in [2.05, 4.69) is 10.3 Å². The Morgan fingerprint density at radius 2 is 1.68 bits per heavy atom. The van der Waals surface area contributed by atoms with E-state index >= 15 is 0 Å². The Bertz CT molecular complexity index is 784. The summed E-state index contributed by atoms with van der Waals surface area (Å²) >= 11 is 19.7. The highest BCUT2D eigenvalue weighted by atomic mass is 35.5. The molecule has 6 heteroatoms. The van der Waals surface area contributed by atoms with Crippen LogP contribution in [0.15, 0.2) is 48.7 Å². The second kappa shape index (κ2) is 6.88. The van der Waals surface area contributed by atoms with Gasteiger partial charge in [0.2, 0.25) is 0 Å². The standard InChI is InChI=1S/C16H11Cl3N2S/c17-11-1-4-13(5-2-11)21-16-20-9-14(22-16)8-10-7-12(18)3-6-15(10)19/h1-7,9H,8H2,(H,20,21). The van der Waals surface area contributed by atoms with Crippen molar-refractivity contribution in [3.05, 3.63) is 74.2 Å². The molecule has 112 valence electrons. The summed E-state index contributed by atoms with van der Waals surface area (Å²) in [5, 5.41) is 6.19. The average molecular weight is 370 g/mol. The predicted octanol–water partition coefficient (Wildman–Crippen LogP) is 6.44. The molecule has 0 fully saturated rings. The van der Waals surface area contributed by atoms with E-state index in [1.807, 2.05) is 42.6 Å². The summed E-state index contributed by atoms with van der Waals surface area (Å²) in [6.45, 7) is 0. The van der Waals surface area contributed by atoms with Gasteiger partial charge < -0.3 is 5.32 Å². The number of halogens is 3. The van der Waals surface area contributed by atoms with Crippen LogP contribution in [0.2, 0.25) is 15.1 Å². The lowest BCUT2D eigenvalue weighted by atomic mass is 10.1. The fourth-order valence-corrected chi connectivity index (χ4v) is 3.33. The van der Waals surface area contributed by atoms with Gasteiger partial charge in [0.25, 0.3) is 0 Å². The van der Waals surface area contributed by atoms with Crippen LogP contribution in [-0.2, 0) is 6.42 Å². The van der Waals surface area contributed by atoms with Gasteiger partial charge in [-0.3, -0.25) is 0 Å². The summed E-state index contributed by atoms with van der Waals surface area (Å²) in [5.74, 6) is 0. The third-order valence-corrected chi connectivity index (χ3v) is 4.79. The molecule has 0 saturated heterocycles. The second-order valence-electron chi connectivity index (χ2n) is 4.68. The van der Waals surface area contributed by atoms with E-state index in [4.69, 9.17) is 34.8 Å². The normalized spacial score (nSPS) is 10.7. The molecular weight excluding hydrogens is 359 g/mol. The van der Waals surface area contributed by atoms with E-state index in [9.17, 15) is 0 Å². The van der Waals surface area contributed by atoms with Gasteiger partial charge in [-0.2, -0.15) is 0 Å². The maximum atomic E-state index is 6.19. The maximum absolute atomic E-state index is 6.19. The molecule has 1 aromatic heterocycles. The van der Waals surface area contributed by atoms with Crippen LogP contribution in [0.3, 0.4) is 0 Å². The zero-order valence-corrected chi connectivity index (χ0v) is 14.4. The van der Waals surface area contributed by atoms with Crippen LogP contribution in [0.4, 0.5) is 10.8 Å². The van der Waals surface area contributed by atoms with Crippen molar-refractivity contribution in [1.29, 1.82) is 0 Å². The predicted molar refractivity (Wildman–Crippen MR) is 96.1 cm³/mol. The summed E-state index contributed by atoms with van der Waals surface area (Å²) in [6.07, 6.45) is 2.56. The first-order valence-electron chi connectivity index (χ1n) is 6.51. The van der Waals surface area contributed by atoms with E-state index in [0.29, 0.717) is 21.5 Å². The molecule has 0 aliphatic heterocycles. The number of thiazole rings is 1. The summed E-state index contributed by atoms with van der Waals surface area (Å²) in [6, 6.07) is 13.0. The zero-order chi connectivity index (χ0) is 15.5. The molecular formula is C16H11Cl3N2S. The lowest BCUT2D eigenvalue weighted by Gasteiger charge is -2.03. The molecule has 0 aliphatic carbocycles. The first-order chi connectivity index (χ1) is 10.6. The number of anilines is 2. The molecule has 0 amide bonds. The smallest absolute Gasteiger partial charge is 0.187 e. The Morgan fingerprint density at radius 3 is 2.45 bits per heavy atom. The van der Waals surface area contributed by atoms with E-state index in [1.165, 1.54) is 0 Å². The van der Waals surface area contributed by atoms with Crippen LogP contribution >= 0.6 is 46.1 Å². The number of hydrogen-bond acceptors (Lipinski definition) is 3. The van der Waals surface area contributed by atoms with Crippen molar-refractivity contribution in [3.63, 3.8) is 0 Å². The van der Waals surface area contributed by atoms with Gasteiger partial charge in [0.1, 0.15) is 0 Å². The number of nitrogens with zero attached hydrogens (tertiary/aromatic N) is 1. The van der Waals surface area contributed by atoms with E-state index in [1.54, 1.807) is 17.4 Å². The number of aromatic nitrogens is 1. The fourth-order valence-electron chi connectivity index (χ4n) is 1.97. The Morgan fingerprint density at radius 1 is 0.955 bits per heavy atom. The molecule has 0 unspecified atom stereocenters. The second-order valence-corrected chi connectivity index (χ2v) is 7.07. The summed E-state index contributed by atoms with van der Waals surface area (Å²) in [7, 11) is 0. The highest BCUT2D eigenvalue weighted by Gasteiger charge is 2.07. The SMILES string of the molecule is Clc1ccc(Nc2ncc(Cc3cc(Cl)ccc3Cl)s2)cc1. The Kier molecular flexibility index (Phi) is 4.89.